The summed E-state index contributed by atoms with van der Waals surface area (Å²) in [5, 5.41) is 1.60. The summed E-state index contributed by atoms with van der Waals surface area (Å²) in [6.07, 6.45) is 9.41. The van der Waals surface area contributed by atoms with Crippen LogP contribution in [0.5, 0.6) is 0 Å². The van der Waals surface area contributed by atoms with E-state index in [1.165, 1.54) is 44.9 Å². The molecule has 1 fully saturated rings. The summed E-state index contributed by atoms with van der Waals surface area (Å²) in [6.45, 7) is 0. The van der Waals surface area contributed by atoms with E-state index >= 15 is 0 Å². The maximum Gasteiger partial charge on any atom is 0.154 e. The molecule has 0 aromatic carbocycles. The van der Waals surface area contributed by atoms with Crippen molar-refractivity contribution in [2.45, 2.75) is 56.2 Å². The van der Waals surface area contributed by atoms with Crippen LogP contribution in [0.2, 0.25) is 0 Å². The van der Waals surface area contributed by atoms with Crippen molar-refractivity contribution in [2.24, 2.45) is 10.7 Å². The zero-order valence-electron chi connectivity index (χ0n) is 8.04. The van der Waals surface area contributed by atoms with Crippen molar-refractivity contribution in [3.05, 3.63) is 0 Å². The van der Waals surface area contributed by atoms with Gasteiger partial charge in [-0.1, -0.05) is 37.4 Å². The fourth-order valence-electron chi connectivity index (χ4n) is 2.25. The summed E-state index contributed by atoms with van der Waals surface area (Å²) < 4.78 is 0. The first-order valence-electron chi connectivity index (χ1n) is 5.34. The standard InChI is InChI=1S/C10H18N2S/c11-10-12-8-5-3-1-2-4-6-9(7-8)13-10/h8-9H,1-7H2,(H2,11,12). The number of nitrogens with two attached hydrogens (primary N) is 1. The first kappa shape index (κ1) is 9.38. The lowest BCUT2D eigenvalue weighted by molar-refractivity contribution is 0.539. The van der Waals surface area contributed by atoms with Gasteiger partial charge in [0.05, 0.1) is 6.04 Å². The molecule has 3 heteroatoms. The van der Waals surface area contributed by atoms with E-state index in [2.05, 4.69) is 4.99 Å². The van der Waals surface area contributed by atoms with Crippen molar-refractivity contribution in [1.29, 1.82) is 0 Å². The molecule has 2 aliphatic rings. The SMILES string of the molecule is NC1=NC2CCCCCCC(C2)S1. The summed E-state index contributed by atoms with van der Waals surface area (Å²) in [6, 6.07) is 0.546. The molecule has 0 aromatic heterocycles. The number of hydrogen-bond donors (Lipinski definition) is 1. The molecule has 2 bridgehead atoms. The van der Waals surface area contributed by atoms with Crippen molar-refractivity contribution < 1.29 is 0 Å². The summed E-state index contributed by atoms with van der Waals surface area (Å²) in [7, 11) is 0. The van der Waals surface area contributed by atoms with Gasteiger partial charge in [0.25, 0.3) is 0 Å². The van der Waals surface area contributed by atoms with Gasteiger partial charge in [0.2, 0.25) is 0 Å². The quantitative estimate of drug-likeness (QED) is 0.649. The van der Waals surface area contributed by atoms with Crippen molar-refractivity contribution in [3.8, 4) is 0 Å². The average molecular weight is 198 g/mol. The Hall–Kier alpha value is -0.180. The smallest absolute Gasteiger partial charge is 0.154 e. The van der Waals surface area contributed by atoms with E-state index in [1.807, 2.05) is 0 Å². The van der Waals surface area contributed by atoms with Gasteiger partial charge < -0.3 is 5.73 Å². The molecular formula is C10H18N2S. The van der Waals surface area contributed by atoms with Gasteiger partial charge in [-0.25, -0.2) is 0 Å². The summed E-state index contributed by atoms with van der Waals surface area (Å²) in [5.41, 5.74) is 5.81. The number of rotatable bonds is 0. The molecule has 1 aliphatic carbocycles. The third-order valence-corrected chi connectivity index (χ3v) is 4.05. The molecule has 0 radical (unpaired) electrons. The van der Waals surface area contributed by atoms with Crippen molar-refractivity contribution in [2.75, 3.05) is 0 Å². The first-order chi connectivity index (χ1) is 6.34. The van der Waals surface area contributed by atoms with Crippen LogP contribution in [0.3, 0.4) is 0 Å². The predicted octanol–water partition coefficient (Wildman–Crippen LogP) is 2.53. The molecule has 13 heavy (non-hydrogen) atoms. The highest BCUT2D eigenvalue weighted by Crippen LogP contribution is 2.31. The number of thioether (sulfide) groups is 1. The zero-order chi connectivity index (χ0) is 9.10. The van der Waals surface area contributed by atoms with Gasteiger partial charge in [-0.05, 0) is 19.3 Å². The van der Waals surface area contributed by atoms with E-state index in [0.29, 0.717) is 6.04 Å². The Kier molecular flexibility index (Phi) is 3.14. The van der Waals surface area contributed by atoms with Gasteiger partial charge in [-0.2, -0.15) is 0 Å². The minimum Gasteiger partial charge on any atom is -0.379 e. The molecule has 1 saturated carbocycles. The van der Waals surface area contributed by atoms with Gasteiger partial charge in [-0.15, -0.1) is 0 Å². The zero-order valence-corrected chi connectivity index (χ0v) is 8.85. The van der Waals surface area contributed by atoms with Gasteiger partial charge >= 0.3 is 0 Å². The molecule has 1 aliphatic heterocycles. The van der Waals surface area contributed by atoms with Crippen LogP contribution in [0.1, 0.15) is 44.9 Å². The van der Waals surface area contributed by atoms with Gasteiger partial charge in [0.15, 0.2) is 5.17 Å². The van der Waals surface area contributed by atoms with Gasteiger partial charge in [0, 0.05) is 5.25 Å². The third-order valence-electron chi connectivity index (χ3n) is 2.95. The summed E-state index contributed by atoms with van der Waals surface area (Å²) in [4.78, 5) is 4.50. The van der Waals surface area contributed by atoms with Crippen LogP contribution in [-0.4, -0.2) is 16.5 Å². The molecule has 1 heterocycles. The largest absolute Gasteiger partial charge is 0.379 e. The first-order valence-corrected chi connectivity index (χ1v) is 6.22. The molecule has 0 aromatic rings. The van der Waals surface area contributed by atoms with E-state index in [-0.39, 0.29) is 0 Å². The maximum atomic E-state index is 5.81. The minimum atomic E-state index is 0.546. The number of hydrogen-bond acceptors (Lipinski definition) is 3. The second-order valence-corrected chi connectivity index (χ2v) is 5.41. The van der Waals surface area contributed by atoms with Crippen LogP contribution in [0.15, 0.2) is 4.99 Å². The molecule has 2 N–H and O–H groups in total. The topological polar surface area (TPSA) is 38.4 Å². The molecule has 0 saturated heterocycles. The lowest BCUT2D eigenvalue weighted by Crippen LogP contribution is -2.26. The van der Waals surface area contributed by atoms with Crippen LogP contribution in [0.25, 0.3) is 0 Å². The van der Waals surface area contributed by atoms with Crippen LogP contribution in [0.4, 0.5) is 0 Å². The van der Waals surface area contributed by atoms with Crippen molar-refractivity contribution in [3.63, 3.8) is 0 Å². The third kappa shape index (κ3) is 2.63. The average Bonchev–Trinajstić information content (AvgIpc) is 2.16. The predicted molar refractivity (Wildman–Crippen MR) is 59.1 cm³/mol. The van der Waals surface area contributed by atoms with E-state index in [0.717, 1.165) is 10.4 Å². The molecule has 2 unspecified atom stereocenters. The second-order valence-electron chi connectivity index (χ2n) is 4.09. The Balaban J connectivity index is 2.02. The highest BCUT2D eigenvalue weighted by Gasteiger charge is 2.23. The lowest BCUT2D eigenvalue weighted by atomic mass is 10.1. The molecule has 0 amide bonds. The Morgan fingerprint density at radius 2 is 1.92 bits per heavy atom. The van der Waals surface area contributed by atoms with E-state index < -0.39 is 0 Å². The number of nitrogens with zero attached hydrogens (tertiary/aromatic N) is 1. The van der Waals surface area contributed by atoms with E-state index in [1.54, 1.807) is 11.8 Å². The fraction of sp³-hybridized carbons (Fsp3) is 0.900. The molecule has 0 spiro atoms. The Morgan fingerprint density at radius 3 is 2.77 bits per heavy atom. The number of fused-ring (bicyclic) bond motifs is 2. The molecule has 2 atom stereocenters. The van der Waals surface area contributed by atoms with Crippen LogP contribution >= 0.6 is 11.8 Å². The van der Waals surface area contributed by atoms with Gasteiger partial charge in [-0.3, -0.25) is 4.99 Å². The monoisotopic (exact) mass is 198 g/mol. The molecule has 2 nitrogen and oxygen atoms in total. The normalized spacial score (nSPS) is 35.5. The fourth-order valence-corrected chi connectivity index (χ4v) is 3.40. The van der Waals surface area contributed by atoms with Crippen molar-refractivity contribution >= 4 is 16.9 Å². The van der Waals surface area contributed by atoms with Gasteiger partial charge in [0.1, 0.15) is 0 Å². The van der Waals surface area contributed by atoms with Crippen LogP contribution in [0, 0.1) is 0 Å². The van der Waals surface area contributed by atoms with E-state index in [9.17, 15) is 0 Å². The molecule has 2 rings (SSSR count). The lowest BCUT2D eigenvalue weighted by Gasteiger charge is -2.24. The van der Waals surface area contributed by atoms with E-state index in [4.69, 9.17) is 5.73 Å². The summed E-state index contributed by atoms with van der Waals surface area (Å²) in [5.74, 6) is 0. The Bertz CT molecular complexity index is 203. The maximum absolute atomic E-state index is 5.81. The Labute approximate surface area is 84.4 Å². The minimum absolute atomic E-state index is 0.546. The second kappa shape index (κ2) is 4.36. The number of amidine groups is 1. The van der Waals surface area contributed by atoms with Crippen LogP contribution < -0.4 is 5.73 Å². The molecule has 74 valence electrons. The Morgan fingerprint density at radius 1 is 1.15 bits per heavy atom. The summed E-state index contributed by atoms with van der Waals surface area (Å²) >= 11 is 1.80. The molecular weight excluding hydrogens is 180 g/mol. The highest BCUT2D eigenvalue weighted by molar-refractivity contribution is 8.14. The van der Waals surface area contributed by atoms with Crippen molar-refractivity contribution in [1.82, 2.24) is 0 Å². The van der Waals surface area contributed by atoms with Crippen LogP contribution in [-0.2, 0) is 0 Å². The highest BCUT2D eigenvalue weighted by atomic mass is 32.2. The number of aliphatic imine (C=N–C) groups is 1.